The van der Waals surface area contributed by atoms with Crippen molar-refractivity contribution in [3.63, 3.8) is 0 Å². The van der Waals surface area contributed by atoms with Gasteiger partial charge in [-0.25, -0.2) is 0 Å². The predicted octanol–water partition coefficient (Wildman–Crippen LogP) is 1.72. The summed E-state index contributed by atoms with van der Waals surface area (Å²) in [6.07, 6.45) is -3.88. The highest BCUT2D eigenvalue weighted by atomic mass is 19.4. The summed E-state index contributed by atoms with van der Waals surface area (Å²) in [6.45, 7) is 1.10. The van der Waals surface area contributed by atoms with Gasteiger partial charge in [0.15, 0.2) is 0 Å². The molecule has 4 rings (SSSR count). The van der Waals surface area contributed by atoms with Gasteiger partial charge in [-0.15, -0.1) is 0 Å². The Morgan fingerprint density at radius 3 is 2.65 bits per heavy atom. The number of nitrogens with zero attached hydrogens (tertiary/aromatic N) is 3. The van der Waals surface area contributed by atoms with Gasteiger partial charge in [0.05, 0.1) is 24.1 Å². The lowest BCUT2D eigenvalue weighted by atomic mass is 9.84. The number of hydrogen-bond acceptors (Lipinski definition) is 6. The molecule has 2 unspecified atom stereocenters. The van der Waals surface area contributed by atoms with Gasteiger partial charge in [-0.2, -0.15) is 13.2 Å². The molecule has 0 saturated carbocycles. The number of nitro groups is 1. The fraction of sp³-hybridized carbons (Fsp3) is 0.625. The van der Waals surface area contributed by atoms with Crippen LogP contribution in [-0.4, -0.2) is 65.0 Å². The number of anilines is 1. The fourth-order valence-corrected chi connectivity index (χ4v) is 4.04. The Labute approximate surface area is 147 Å². The van der Waals surface area contributed by atoms with Crippen LogP contribution in [0.1, 0.15) is 12.5 Å². The van der Waals surface area contributed by atoms with E-state index in [2.05, 4.69) is 0 Å². The summed E-state index contributed by atoms with van der Waals surface area (Å²) in [6, 6.07) is 2.65. The number of alkyl halides is 3. The Morgan fingerprint density at radius 2 is 2.12 bits per heavy atom. The van der Waals surface area contributed by atoms with E-state index in [0.717, 1.165) is 0 Å². The molecule has 3 atom stereocenters. The van der Waals surface area contributed by atoms with Crippen LogP contribution in [0.3, 0.4) is 0 Å². The monoisotopic (exact) mass is 373 g/mol. The molecule has 3 aliphatic rings. The average molecular weight is 373 g/mol. The van der Waals surface area contributed by atoms with Crippen molar-refractivity contribution in [2.24, 2.45) is 0 Å². The van der Waals surface area contributed by atoms with Crippen molar-refractivity contribution in [1.82, 2.24) is 4.90 Å². The number of hydrogen-bond donors (Lipinski definition) is 1. The molecule has 0 aromatic heterocycles. The topological polar surface area (TPSA) is 79.1 Å². The highest BCUT2D eigenvalue weighted by Crippen LogP contribution is 2.47. The zero-order valence-corrected chi connectivity index (χ0v) is 14.0. The highest BCUT2D eigenvalue weighted by Gasteiger charge is 2.55. The molecule has 7 nitrogen and oxygen atoms in total. The predicted molar refractivity (Wildman–Crippen MR) is 85.5 cm³/mol. The van der Waals surface area contributed by atoms with Gasteiger partial charge < -0.3 is 14.7 Å². The van der Waals surface area contributed by atoms with Crippen LogP contribution in [0.4, 0.5) is 24.5 Å². The van der Waals surface area contributed by atoms with Crippen molar-refractivity contribution in [2.75, 3.05) is 31.1 Å². The third-order valence-electron chi connectivity index (χ3n) is 5.42. The molecule has 1 aromatic carbocycles. The Kier molecular flexibility index (Phi) is 3.65. The van der Waals surface area contributed by atoms with E-state index in [1.165, 1.54) is 11.0 Å². The van der Waals surface area contributed by atoms with Crippen molar-refractivity contribution >= 4 is 11.4 Å². The number of nitro benzene ring substituents is 1. The Morgan fingerprint density at radius 1 is 1.38 bits per heavy atom. The molecule has 10 heteroatoms. The van der Waals surface area contributed by atoms with Crippen LogP contribution in [0.5, 0.6) is 5.75 Å². The second kappa shape index (κ2) is 5.46. The Hall–Kier alpha value is -2.07. The molecule has 2 saturated heterocycles. The van der Waals surface area contributed by atoms with Crippen LogP contribution in [0, 0.1) is 10.1 Å². The van der Waals surface area contributed by atoms with Crippen LogP contribution < -0.4 is 9.64 Å². The molecular weight excluding hydrogens is 355 g/mol. The summed E-state index contributed by atoms with van der Waals surface area (Å²) in [5.41, 5.74) is 0.124. The van der Waals surface area contributed by atoms with Crippen LogP contribution in [0.2, 0.25) is 0 Å². The number of aliphatic hydroxyl groups is 1. The molecule has 0 amide bonds. The van der Waals surface area contributed by atoms with Crippen LogP contribution in [-0.2, 0) is 6.42 Å². The van der Waals surface area contributed by atoms with E-state index in [9.17, 15) is 28.4 Å². The quantitative estimate of drug-likeness (QED) is 0.640. The van der Waals surface area contributed by atoms with Gasteiger partial charge in [-0.3, -0.25) is 15.0 Å². The first kappa shape index (κ1) is 17.3. The van der Waals surface area contributed by atoms with E-state index >= 15 is 0 Å². The lowest BCUT2D eigenvalue weighted by Crippen LogP contribution is -2.79. The highest BCUT2D eigenvalue weighted by molar-refractivity contribution is 5.71. The normalized spacial score (nSPS) is 30.1. The van der Waals surface area contributed by atoms with Gasteiger partial charge in [-0.1, -0.05) is 0 Å². The minimum Gasteiger partial charge on any atom is -0.484 e. The minimum atomic E-state index is -4.24. The van der Waals surface area contributed by atoms with Gasteiger partial charge in [0.1, 0.15) is 17.0 Å². The molecule has 0 spiro atoms. The summed E-state index contributed by atoms with van der Waals surface area (Å²) in [5.74, 6) is 0.483. The number of rotatable bonds is 4. The Balaban J connectivity index is 1.56. The van der Waals surface area contributed by atoms with Crippen molar-refractivity contribution in [2.45, 2.75) is 37.2 Å². The maximum absolute atomic E-state index is 12.5. The first-order valence-electron chi connectivity index (χ1n) is 8.29. The summed E-state index contributed by atoms with van der Waals surface area (Å²) in [7, 11) is 0. The van der Waals surface area contributed by atoms with Gasteiger partial charge in [-0.05, 0) is 6.92 Å². The van der Waals surface area contributed by atoms with E-state index in [0.29, 0.717) is 30.0 Å². The zero-order chi connectivity index (χ0) is 18.9. The summed E-state index contributed by atoms with van der Waals surface area (Å²) in [5, 5.41) is 20.9. The van der Waals surface area contributed by atoms with Gasteiger partial charge in [0.2, 0.25) is 0 Å². The number of likely N-dealkylation sites (tertiary alicyclic amines) is 1. The Bertz CT molecular complexity index is 772. The number of aliphatic hydroxyl groups excluding tert-OH is 1. The molecule has 0 bridgehead atoms. The van der Waals surface area contributed by atoms with Crippen LogP contribution in [0.15, 0.2) is 12.1 Å². The molecule has 26 heavy (non-hydrogen) atoms. The molecule has 1 aromatic rings. The van der Waals surface area contributed by atoms with E-state index < -0.39 is 23.2 Å². The number of ether oxygens (including phenoxy) is 1. The molecule has 2 fully saturated rings. The van der Waals surface area contributed by atoms with Gasteiger partial charge in [0, 0.05) is 43.2 Å². The largest absolute Gasteiger partial charge is 0.484 e. The third kappa shape index (κ3) is 2.67. The van der Waals surface area contributed by atoms with Crippen LogP contribution >= 0.6 is 0 Å². The first-order chi connectivity index (χ1) is 12.1. The number of benzene rings is 1. The molecule has 3 aliphatic heterocycles. The maximum atomic E-state index is 12.5. The van der Waals surface area contributed by atoms with E-state index in [1.54, 1.807) is 17.9 Å². The fourth-order valence-electron chi connectivity index (χ4n) is 4.04. The van der Waals surface area contributed by atoms with Crippen molar-refractivity contribution < 1.29 is 27.9 Å². The number of halogens is 3. The number of fused-ring (bicyclic) bond motifs is 2. The van der Waals surface area contributed by atoms with Gasteiger partial charge >= 0.3 is 6.18 Å². The third-order valence-corrected chi connectivity index (χ3v) is 5.42. The maximum Gasteiger partial charge on any atom is 0.401 e. The molecule has 0 aliphatic carbocycles. The average Bonchev–Trinajstić information content (AvgIpc) is 2.85. The zero-order valence-electron chi connectivity index (χ0n) is 14.0. The SMILES string of the molecule is CC1(CO)Cc2cc([N+](=O)[O-])c(N3C[C@@H]4C3CN4CC(F)(F)F)cc2O1. The molecule has 3 heterocycles. The van der Waals surface area contributed by atoms with Crippen LogP contribution in [0.25, 0.3) is 0 Å². The standard InChI is InChI=1S/C16H18F3N3O4/c1-15(8-23)4-9-2-11(22(24)25)10(3-14(9)26-15)21-6-12-13(21)5-20(12)7-16(17,18)19/h2-3,12-13,23H,4-8H2,1H3/t12-,13?,15?/m1/s1. The molecule has 1 N–H and O–H groups in total. The first-order valence-corrected chi connectivity index (χ1v) is 8.29. The van der Waals surface area contributed by atoms with Crippen molar-refractivity contribution in [3.05, 3.63) is 27.8 Å². The molecule has 0 radical (unpaired) electrons. The van der Waals surface area contributed by atoms with Crippen molar-refractivity contribution in [3.8, 4) is 5.75 Å². The number of piperazine rings is 1. The second-order valence-corrected chi connectivity index (χ2v) is 7.42. The van der Waals surface area contributed by atoms with E-state index in [-0.39, 0.29) is 30.9 Å². The summed E-state index contributed by atoms with van der Waals surface area (Å²) >= 11 is 0. The smallest absolute Gasteiger partial charge is 0.401 e. The van der Waals surface area contributed by atoms with E-state index in [4.69, 9.17) is 4.74 Å². The lowest BCUT2D eigenvalue weighted by Gasteiger charge is -2.62. The molecular formula is C16H18F3N3O4. The van der Waals surface area contributed by atoms with E-state index in [1.807, 2.05) is 0 Å². The minimum absolute atomic E-state index is 0.0812. The summed E-state index contributed by atoms with van der Waals surface area (Å²) < 4.78 is 43.3. The molecule has 142 valence electrons. The van der Waals surface area contributed by atoms with Gasteiger partial charge in [0.25, 0.3) is 5.69 Å². The second-order valence-electron chi connectivity index (χ2n) is 7.42. The lowest BCUT2D eigenvalue weighted by molar-refractivity contribution is -0.384. The summed E-state index contributed by atoms with van der Waals surface area (Å²) in [4.78, 5) is 14.1. The van der Waals surface area contributed by atoms with Crippen molar-refractivity contribution in [1.29, 1.82) is 0 Å².